The van der Waals surface area contributed by atoms with Gasteiger partial charge in [0.1, 0.15) is 5.82 Å². The molecule has 0 aliphatic heterocycles. The van der Waals surface area contributed by atoms with Crippen molar-refractivity contribution in [3.05, 3.63) is 70.0 Å². The molecule has 0 amide bonds. The van der Waals surface area contributed by atoms with Crippen molar-refractivity contribution in [2.75, 3.05) is 0 Å². The van der Waals surface area contributed by atoms with Gasteiger partial charge in [0.2, 0.25) is 0 Å². The fourth-order valence-corrected chi connectivity index (χ4v) is 1.93. The van der Waals surface area contributed by atoms with E-state index in [9.17, 15) is 4.39 Å². The maximum atomic E-state index is 13.5. The Kier molecular flexibility index (Phi) is 4.91. The normalized spacial score (nSPS) is 10.7. The Hall–Kier alpha value is -1.42. The van der Waals surface area contributed by atoms with Gasteiger partial charge in [-0.2, -0.15) is 0 Å². The third-order valence-corrected chi connectivity index (χ3v) is 3.10. The van der Waals surface area contributed by atoms with Gasteiger partial charge in [-0.3, -0.25) is 0 Å². The second-order valence-corrected chi connectivity index (χ2v) is 4.75. The topological polar surface area (TPSA) is 32.3 Å². The predicted octanol–water partition coefficient (Wildman–Crippen LogP) is 3.26. The standard InChI is InChI=1S/C15H15ClFNO/c16-14-6-5-13(15(17)7-14)9-18-8-11-1-3-12(10-19)4-2-11/h1-7,18-19H,8-10H2. The molecule has 0 heterocycles. The van der Waals surface area contributed by atoms with Crippen molar-refractivity contribution in [2.24, 2.45) is 0 Å². The maximum Gasteiger partial charge on any atom is 0.129 e. The van der Waals surface area contributed by atoms with Gasteiger partial charge < -0.3 is 10.4 Å². The highest BCUT2D eigenvalue weighted by molar-refractivity contribution is 6.30. The minimum atomic E-state index is -0.296. The number of hydrogen-bond donors (Lipinski definition) is 2. The highest BCUT2D eigenvalue weighted by Crippen LogP contribution is 2.14. The van der Waals surface area contributed by atoms with Crippen molar-refractivity contribution in [3.63, 3.8) is 0 Å². The number of hydrogen-bond acceptors (Lipinski definition) is 2. The summed E-state index contributed by atoms with van der Waals surface area (Å²) in [6.07, 6.45) is 0. The van der Waals surface area contributed by atoms with Crippen LogP contribution in [0.4, 0.5) is 4.39 Å². The number of aliphatic hydroxyl groups excluding tert-OH is 1. The molecule has 0 aromatic heterocycles. The lowest BCUT2D eigenvalue weighted by Crippen LogP contribution is -2.13. The van der Waals surface area contributed by atoms with Crippen molar-refractivity contribution >= 4 is 11.6 Å². The molecule has 4 heteroatoms. The summed E-state index contributed by atoms with van der Waals surface area (Å²) < 4.78 is 13.5. The van der Waals surface area contributed by atoms with Crippen LogP contribution in [0.15, 0.2) is 42.5 Å². The molecule has 19 heavy (non-hydrogen) atoms. The van der Waals surface area contributed by atoms with Gasteiger partial charge in [0.05, 0.1) is 6.61 Å². The largest absolute Gasteiger partial charge is 0.392 e. The molecule has 2 aromatic carbocycles. The first-order valence-electron chi connectivity index (χ1n) is 6.02. The Labute approximate surface area is 116 Å². The molecule has 0 unspecified atom stereocenters. The lowest BCUT2D eigenvalue weighted by Gasteiger charge is -2.07. The monoisotopic (exact) mass is 279 g/mol. The molecule has 0 spiro atoms. The minimum Gasteiger partial charge on any atom is -0.392 e. The van der Waals surface area contributed by atoms with Gasteiger partial charge in [-0.05, 0) is 23.3 Å². The minimum absolute atomic E-state index is 0.0453. The third-order valence-electron chi connectivity index (χ3n) is 2.87. The first-order chi connectivity index (χ1) is 9.19. The van der Waals surface area contributed by atoms with Gasteiger partial charge in [0, 0.05) is 23.7 Å². The van der Waals surface area contributed by atoms with E-state index in [1.807, 2.05) is 24.3 Å². The summed E-state index contributed by atoms with van der Waals surface area (Å²) in [4.78, 5) is 0. The van der Waals surface area contributed by atoms with Crippen LogP contribution in [0.1, 0.15) is 16.7 Å². The second-order valence-electron chi connectivity index (χ2n) is 4.31. The summed E-state index contributed by atoms with van der Waals surface area (Å²) in [5.41, 5.74) is 2.57. The number of nitrogens with one attached hydrogen (secondary N) is 1. The van der Waals surface area contributed by atoms with Crippen LogP contribution in [0, 0.1) is 5.82 Å². The molecule has 0 fully saturated rings. The summed E-state index contributed by atoms with van der Waals surface area (Å²) >= 11 is 5.69. The van der Waals surface area contributed by atoms with Gasteiger partial charge in [0.25, 0.3) is 0 Å². The van der Waals surface area contributed by atoms with Gasteiger partial charge in [-0.1, -0.05) is 41.9 Å². The molecule has 0 saturated heterocycles. The van der Waals surface area contributed by atoms with Crippen LogP contribution in [0.25, 0.3) is 0 Å². The molecule has 0 saturated carbocycles. The van der Waals surface area contributed by atoms with E-state index in [0.717, 1.165) is 11.1 Å². The van der Waals surface area contributed by atoms with E-state index in [1.165, 1.54) is 6.07 Å². The Balaban J connectivity index is 1.88. The smallest absolute Gasteiger partial charge is 0.129 e. The highest BCUT2D eigenvalue weighted by atomic mass is 35.5. The number of benzene rings is 2. The van der Waals surface area contributed by atoms with Crippen molar-refractivity contribution in [1.82, 2.24) is 5.32 Å². The molecule has 2 aromatic rings. The predicted molar refractivity (Wildman–Crippen MR) is 74.3 cm³/mol. The van der Waals surface area contributed by atoms with Crippen LogP contribution in [0.3, 0.4) is 0 Å². The molecule has 2 N–H and O–H groups in total. The Morgan fingerprint density at radius 2 is 1.68 bits per heavy atom. The summed E-state index contributed by atoms with van der Waals surface area (Å²) in [6, 6.07) is 12.3. The van der Waals surface area contributed by atoms with E-state index in [4.69, 9.17) is 16.7 Å². The molecule has 2 rings (SSSR count). The molecule has 0 aliphatic carbocycles. The fourth-order valence-electron chi connectivity index (χ4n) is 1.77. The van der Waals surface area contributed by atoms with Crippen LogP contribution >= 0.6 is 11.6 Å². The van der Waals surface area contributed by atoms with E-state index >= 15 is 0 Å². The Morgan fingerprint density at radius 1 is 1.00 bits per heavy atom. The maximum absolute atomic E-state index is 13.5. The lowest BCUT2D eigenvalue weighted by molar-refractivity contribution is 0.282. The number of halogens is 2. The van der Waals surface area contributed by atoms with E-state index in [-0.39, 0.29) is 12.4 Å². The molecule has 0 aliphatic rings. The molecule has 100 valence electrons. The van der Waals surface area contributed by atoms with Crippen molar-refractivity contribution in [2.45, 2.75) is 19.7 Å². The lowest BCUT2D eigenvalue weighted by atomic mass is 10.1. The zero-order chi connectivity index (χ0) is 13.7. The number of aliphatic hydroxyl groups is 1. The highest BCUT2D eigenvalue weighted by Gasteiger charge is 2.02. The molecular formula is C15H15ClFNO. The van der Waals surface area contributed by atoms with Crippen LogP contribution < -0.4 is 5.32 Å². The van der Waals surface area contributed by atoms with Gasteiger partial charge in [-0.25, -0.2) is 4.39 Å². The van der Waals surface area contributed by atoms with Gasteiger partial charge >= 0.3 is 0 Å². The quantitative estimate of drug-likeness (QED) is 0.880. The van der Waals surface area contributed by atoms with Crippen molar-refractivity contribution in [1.29, 1.82) is 0 Å². The average molecular weight is 280 g/mol. The molecule has 0 radical (unpaired) electrons. The van der Waals surface area contributed by atoms with Crippen LogP contribution in [-0.2, 0) is 19.7 Å². The fraction of sp³-hybridized carbons (Fsp3) is 0.200. The van der Waals surface area contributed by atoms with E-state index in [0.29, 0.717) is 23.7 Å². The average Bonchev–Trinajstić information content (AvgIpc) is 2.42. The van der Waals surface area contributed by atoms with Gasteiger partial charge in [0.15, 0.2) is 0 Å². The zero-order valence-electron chi connectivity index (χ0n) is 10.4. The molecular weight excluding hydrogens is 265 g/mol. The van der Waals surface area contributed by atoms with Crippen LogP contribution in [-0.4, -0.2) is 5.11 Å². The summed E-state index contributed by atoms with van der Waals surface area (Å²) in [6.45, 7) is 1.14. The third kappa shape index (κ3) is 4.03. The summed E-state index contributed by atoms with van der Waals surface area (Å²) in [5.74, 6) is -0.296. The molecule has 0 bridgehead atoms. The Morgan fingerprint density at radius 3 is 2.32 bits per heavy atom. The first-order valence-corrected chi connectivity index (χ1v) is 6.40. The summed E-state index contributed by atoms with van der Waals surface area (Å²) in [5, 5.41) is 12.5. The van der Waals surface area contributed by atoms with Crippen LogP contribution in [0.2, 0.25) is 5.02 Å². The SMILES string of the molecule is OCc1ccc(CNCc2ccc(Cl)cc2F)cc1. The van der Waals surface area contributed by atoms with Gasteiger partial charge in [-0.15, -0.1) is 0 Å². The van der Waals surface area contributed by atoms with Crippen LogP contribution in [0.5, 0.6) is 0 Å². The van der Waals surface area contributed by atoms with Crippen molar-refractivity contribution < 1.29 is 9.50 Å². The Bertz CT molecular complexity index is 542. The number of rotatable bonds is 5. The zero-order valence-corrected chi connectivity index (χ0v) is 11.1. The second kappa shape index (κ2) is 6.66. The van der Waals surface area contributed by atoms with E-state index < -0.39 is 0 Å². The van der Waals surface area contributed by atoms with E-state index in [2.05, 4.69) is 5.32 Å². The summed E-state index contributed by atoms with van der Waals surface area (Å²) in [7, 11) is 0. The first kappa shape index (κ1) is 14.0. The van der Waals surface area contributed by atoms with E-state index in [1.54, 1.807) is 12.1 Å². The van der Waals surface area contributed by atoms with Crippen molar-refractivity contribution in [3.8, 4) is 0 Å². The molecule has 2 nitrogen and oxygen atoms in total. The molecule has 0 atom stereocenters.